The first-order valence-corrected chi connectivity index (χ1v) is 12.2. The van der Waals surface area contributed by atoms with Gasteiger partial charge in [-0.05, 0) is 34.1 Å². The molecule has 31 heavy (non-hydrogen) atoms. The van der Waals surface area contributed by atoms with E-state index in [1.165, 1.54) is 13.3 Å². The van der Waals surface area contributed by atoms with Crippen LogP contribution in [0.5, 0.6) is 0 Å². The van der Waals surface area contributed by atoms with Crippen molar-refractivity contribution in [3.05, 3.63) is 34.6 Å². The zero-order valence-corrected chi connectivity index (χ0v) is 18.9. The van der Waals surface area contributed by atoms with Crippen molar-refractivity contribution in [1.29, 1.82) is 0 Å². The normalized spacial score (nSPS) is 14.7. The molecule has 0 saturated carbocycles. The number of anilines is 2. The number of amides is 1. The summed E-state index contributed by atoms with van der Waals surface area (Å²) in [7, 11) is 0.349. The number of aromatic amines is 1. The van der Waals surface area contributed by atoms with Gasteiger partial charge in [0.1, 0.15) is 5.56 Å². The maximum Gasteiger partial charge on any atom is 0.419 e. The second kappa shape index (κ2) is 8.50. The second-order valence-electron chi connectivity index (χ2n) is 7.06. The number of halogens is 4. The third kappa shape index (κ3) is 4.40. The smallest absolute Gasteiger partial charge is 0.419 e. The number of nitrogens with one attached hydrogen (secondary N) is 3. The highest BCUT2D eigenvalue weighted by atomic mass is 79.9. The van der Waals surface area contributed by atoms with Crippen molar-refractivity contribution in [2.24, 2.45) is 0 Å². The summed E-state index contributed by atoms with van der Waals surface area (Å²) in [6, 6.07) is 5.29. The topological polar surface area (TPSA) is 91.9 Å². The standard InChI is InChI=1S/C19H18BrF3N5O2Si/c1-30-18(29)26-13-5-4-10-11(8-24-16(10)14(13)20)15-12(19(21,22)23)9-25-17(27-15)28-31-6-2-3-7-31/h4-5,8-9,24H,2-3,6-7H2,1H3,(H,26,29)(H,25,27,28). The van der Waals surface area contributed by atoms with Crippen LogP contribution in [-0.2, 0) is 10.9 Å². The molecule has 0 unspecified atom stereocenters. The minimum Gasteiger partial charge on any atom is -0.453 e. The number of hydrogen-bond donors (Lipinski definition) is 3. The molecule has 1 aliphatic heterocycles. The molecule has 0 aliphatic carbocycles. The number of fused-ring (bicyclic) bond motifs is 1. The zero-order chi connectivity index (χ0) is 22.2. The Labute approximate surface area is 185 Å². The summed E-state index contributed by atoms with van der Waals surface area (Å²) in [6.07, 6.45) is -0.720. The van der Waals surface area contributed by atoms with Crippen LogP contribution in [0.1, 0.15) is 18.4 Å². The Morgan fingerprint density at radius 2 is 2.03 bits per heavy atom. The van der Waals surface area contributed by atoms with Crippen molar-refractivity contribution in [1.82, 2.24) is 15.0 Å². The largest absolute Gasteiger partial charge is 0.453 e. The van der Waals surface area contributed by atoms with Crippen molar-refractivity contribution < 1.29 is 22.7 Å². The molecular weight excluding hydrogens is 495 g/mol. The van der Waals surface area contributed by atoms with E-state index >= 15 is 0 Å². The first kappa shape index (κ1) is 21.6. The molecule has 3 N–H and O–H groups in total. The van der Waals surface area contributed by atoms with E-state index in [-0.39, 0.29) is 11.6 Å². The van der Waals surface area contributed by atoms with Gasteiger partial charge < -0.3 is 14.7 Å². The molecule has 1 saturated heterocycles. The number of alkyl halides is 3. The fraction of sp³-hybridized carbons (Fsp3) is 0.316. The van der Waals surface area contributed by atoms with Gasteiger partial charge >= 0.3 is 12.3 Å². The summed E-state index contributed by atoms with van der Waals surface area (Å²) in [5, 5.41) is 3.07. The lowest BCUT2D eigenvalue weighted by Gasteiger charge is -2.15. The van der Waals surface area contributed by atoms with Gasteiger partial charge in [0.25, 0.3) is 0 Å². The predicted molar refractivity (Wildman–Crippen MR) is 116 cm³/mol. The van der Waals surface area contributed by atoms with E-state index in [9.17, 15) is 18.0 Å². The van der Waals surface area contributed by atoms with Gasteiger partial charge in [-0.1, -0.05) is 18.9 Å². The molecule has 163 valence electrons. The van der Waals surface area contributed by atoms with Crippen LogP contribution in [-0.4, -0.2) is 37.1 Å². The second-order valence-corrected chi connectivity index (χ2v) is 10.3. The Morgan fingerprint density at radius 1 is 1.29 bits per heavy atom. The third-order valence-electron chi connectivity index (χ3n) is 5.06. The highest BCUT2D eigenvalue weighted by molar-refractivity contribution is 9.10. The van der Waals surface area contributed by atoms with Crippen LogP contribution in [0.4, 0.5) is 29.6 Å². The van der Waals surface area contributed by atoms with E-state index in [0.29, 0.717) is 26.6 Å². The van der Waals surface area contributed by atoms with Gasteiger partial charge in [-0.15, -0.1) is 0 Å². The van der Waals surface area contributed by atoms with E-state index in [2.05, 4.69) is 45.9 Å². The molecule has 1 fully saturated rings. The zero-order valence-electron chi connectivity index (χ0n) is 16.4. The SMILES string of the molecule is COC(=O)Nc1ccc2c(-c3nc(N[Si]4CCCC4)ncc3C(F)(F)F)c[nH]c2c1Br. The van der Waals surface area contributed by atoms with Crippen LogP contribution >= 0.6 is 15.9 Å². The van der Waals surface area contributed by atoms with Gasteiger partial charge in [-0.25, -0.2) is 14.8 Å². The van der Waals surface area contributed by atoms with E-state index < -0.39 is 26.8 Å². The third-order valence-corrected chi connectivity index (χ3v) is 8.38. The van der Waals surface area contributed by atoms with Gasteiger partial charge in [0.2, 0.25) is 5.95 Å². The number of nitrogens with zero attached hydrogens (tertiary/aromatic N) is 2. The van der Waals surface area contributed by atoms with Crippen molar-refractivity contribution in [3.8, 4) is 11.3 Å². The van der Waals surface area contributed by atoms with Gasteiger partial charge in [0.15, 0.2) is 8.96 Å². The molecule has 2 aromatic heterocycles. The quantitative estimate of drug-likeness (QED) is 0.385. The lowest BCUT2D eigenvalue weighted by Crippen LogP contribution is -2.22. The fourth-order valence-corrected chi connectivity index (χ4v) is 6.41. The summed E-state index contributed by atoms with van der Waals surface area (Å²) in [5.74, 6) is 0.219. The molecule has 1 aromatic carbocycles. The molecule has 0 spiro atoms. The molecule has 3 aromatic rings. The number of methoxy groups -OCH3 is 1. The van der Waals surface area contributed by atoms with Crippen LogP contribution in [0.25, 0.3) is 22.2 Å². The lowest BCUT2D eigenvalue weighted by molar-refractivity contribution is -0.137. The molecule has 4 rings (SSSR count). The minimum atomic E-state index is -4.61. The first-order chi connectivity index (χ1) is 14.8. The summed E-state index contributed by atoms with van der Waals surface area (Å²) in [6.45, 7) is 0. The summed E-state index contributed by atoms with van der Waals surface area (Å²) >= 11 is 3.39. The number of carbonyl (C=O) groups excluding carboxylic acids is 1. The molecule has 12 heteroatoms. The number of ether oxygens (including phenoxy) is 1. The van der Waals surface area contributed by atoms with Crippen molar-refractivity contribution in [3.63, 3.8) is 0 Å². The minimum absolute atomic E-state index is 0.197. The highest BCUT2D eigenvalue weighted by Gasteiger charge is 2.36. The van der Waals surface area contributed by atoms with Crippen molar-refractivity contribution >= 4 is 53.5 Å². The summed E-state index contributed by atoms with van der Waals surface area (Å²) < 4.78 is 46.3. The fourth-order valence-electron chi connectivity index (χ4n) is 3.56. The van der Waals surface area contributed by atoms with E-state index in [4.69, 9.17) is 0 Å². The Balaban J connectivity index is 1.79. The van der Waals surface area contributed by atoms with Crippen LogP contribution < -0.4 is 10.3 Å². The summed E-state index contributed by atoms with van der Waals surface area (Å²) in [5.41, 5.74) is 0.127. The number of rotatable bonds is 4. The first-order valence-electron chi connectivity index (χ1n) is 9.49. The molecule has 1 radical (unpaired) electrons. The molecule has 7 nitrogen and oxygen atoms in total. The van der Waals surface area contributed by atoms with Gasteiger partial charge in [0.05, 0.1) is 28.5 Å². The number of benzene rings is 1. The lowest BCUT2D eigenvalue weighted by atomic mass is 10.1. The predicted octanol–water partition coefficient (Wildman–Crippen LogP) is 5.78. The van der Waals surface area contributed by atoms with Crippen molar-refractivity contribution in [2.45, 2.75) is 31.1 Å². The molecule has 3 heterocycles. The van der Waals surface area contributed by atoms with Crippen LogP contribution in [0.15, 0.2) is 29.0 Å². The average Bonchev–Trinajstić information content (AvgIpc) is 3.39. The van der Waals surface area contributed by atoms with Gasteiger partial charge in [0, 0.05) is 23.3 Å². The Morgan fingerprint density at radius 3 is 2.71 bits per heavy atom. The Hall–Kier alpha value is -2.60. The average molecular weight is 513 g/mol. The molecule has 0 bridgehead atoms. The van der Waals surface area contributed by atoms with E-state index in [1.54, 1.807) is 12.1 Å². The molecule has 0 atom stereocenters. The van der Waals surface area contributed by atoms with Crippen LogP contribution in [0.2, 0.25) is 12.1 Å². The maximum absolute atomic E-state index is 13.7. The van der Waals surface area contributed by atoms with E-state index in [0.717, 1.165) is 31.1 Å². The highest BCUT2D eigenvalue weighted by Crippen LogP contribution is 2.41. The maximum atomic E-state index is 13.7. The monoisotopic (exact) mass is 512 g/mol. The summed E-state index contributed by atoms with van der Waals surface area (Å²) in [4.78, 5) is 25.9. The number of H-pyrrole nitrogens is 1. The molecule has 1 amide bonds. The van der Waals surface area contributed by atoms with Crippen LogP contribution in [0, 0.1) is 0 Å². The number of aromatic nitrogens is 3. The van der Waals surface area contributed by atoms with Crippen molar-refractivity contribution in [2.75, 3.05) is 17.4 Å². The van der Waals surface area contributed by atoms with E-state index in [1.807, 2.05) is 0 Å². The van der Waals surface area contributed by atoms with Crippen LogP contribution in [0.3, 0.4) is 0 Å². The molecule has 1 aliphatic rings. The Bertz CT molecular complexity index is 1130. The number of hydrogen-bond acceptors (Lipinski definition) is 5. The Kier molecular flexibility index (Phi) is 5.93. The number of carbonyl (C=O) groups is 1. The van der Waals surface area contributed by atoms with Gasteiger partial charge in [-0.2, -0.15) is 13.2 Å². The molecular formula is C19H18BrF3N5O2Si. The van der Waals surface area contributed by atoms with Gasteiger partial charge in [-0.3, -0.25) is 5.32 Å².